The van der Waals surface area contributed by atoms with Gasteiger partial charge in [0.15, 0.2) is 0 Å². The van der Waals surface area contributed by atoms with Crippen molar-refractivity contribution in [3.63, 3.8) is 0 Å². The van der Waals surface area contributed by atoms with Gasteiger partial charge < -0.3 is 5.32 Å². The van der Waals surface area contributed by atoms with Gasteiger partial charge in [0.25, 0.3) is 0 Å². The number of pyridine rings is 1. The number of hydrogen-bond donors (Lipinski definition) is 1. The fourth-order valence-electron chi connectivity index (χ4n) is 2.39. The zero-order chi connectivity index (χ0) is 14.2. The molecule has 1 atom stereocenters. The Kier molecular flexibility index (Phi) is 5.30. The van der Waals surface area contributed by atoms with Crippen molar-refractivity contribution in [1.29, 1.82) is 0 Å². The first kappa shape index (κ1) is 14.3. The molecule has 0 fully saturated rings. The van der Waals surface area contributed by atoms with Crippen LogP contribution >= 0.6 is 0 Å². The molecular weight excluding hydrogens is 248 g/mol. The topological polar surface area (TPSA) is 42.0 Å². The summed E-state index contributed by atoms with van der Waals surface area (Å²) in [7, 11) is 0. The molecule has 104 valence electrons. The molecule has 1 N–H and O–H groups in total. The van der Waals surface area contributed by atoms with Crippen LogP contribution in [0.3, 0.4) is 0 Å². The zero-order valence-electron chi connectivity index (χ0n) is 11.8. The number of carbonyl (C=O) groups excluding carboxylic acids is 1. The van der Waals surface area contributed by atoms with E-state index in [1.165, 1.54) is 5.56 Å². The highest BCUT2D eigenvalue weighted by Gasteiger charge is 2.16. The molecule has 0 aliphatic carbocycles. The van der Waals surface area contributed by atoms with E-state index in [9.17, 15) is 4.79 Å². The van der Waals surface area contributed by atoms with Crippen molar-refractivity contribution >= 4 is 6.41 Å². The number of aromatic nitrogens is 1. The van der Waals surface area contributed by atoms with Crippen LogP contribution in [-0.4, -0.2) is 11.4 Å². The first-order chi connectivity index (χ1) is 9.86. The molecule has 3 nitrogen and oxygen atoms in total. The Hall–Kier alpha value is -2.16. The molecule has 0 saturated heterocycles. The van der Waals surface area contributed by atoms with E-state index in [1.807, 2.05) is 18.2 Å². The average Bonchev–Trinajstić information content (AvgIpc) is 2.52. The lowest BCUT2D eigenvalue weighted by Crippen LogP contribution is -2.22. The molecule has 2 aromatic rings. The minimum Gasteiger partial charge on any atom is -0.348 e. The number of carbonyl (C=O) groups is 1. The molecule has 2 rings (SSSR count). The number of rotatable bonds is 7. The molecule has 0 radical (unpaired) electrons. The van der Waals surface area contributed by atoms with E-state index in [2.05, 4.69) is 35.4 Å². The number of amides is 1. The number of unbranched alkanes of at least 4 members (excludes halogenated alkanes) is 1. The highest BCUT2D eigenvalue weighted by Crippen LogP contribution is 2.25. The standard InChI is InChI=1S/C17H20N2O/c1-2-3-7-14-8-4-5-10-16(14)17(19-13-20)15-9-6-11-18-12-15/h4-6,8-13,17H,2-3,7H2,1H3,(H,19,20). The number of nitrogens with one attached hydrogen (secondary N) is 1. The second-order valence-electron chi connectivity index (χ2n) is 4.81. The van der Waals surface area contributed by atoms with Gasteiger partial charge in [0.05, 0.1) is 6.04 Å². The summed E-state index contributed by atoms with van der Waals surface area (Å²) >= 11 is 0. The van der Waals surface area contributed by atoms with Gasteiger partial charge in [-0.1, -0.05) is 43.7 Å². The third kappa shape index (κ3) is 3.44. The molecular formula is C17H20N2O. The number of hydrogen-bond acceptors (Lipinski definition) is 2. The Bertz CT molecular complexity index is 540. The summed E-state index contributed by atoms with van der Waals surface area (Å²) < 4.78 is 0. The van der Waals surface area contributed by atoms with E-state index in [1.54, 1.807) is 12.4 Å². The molecule has 1 unspecified atom stereocenters. The van der Waals surface area contributed by atoms with E-state index in [4.69, 9.17) is 0 Å². The summed E-state index contributed by atoms with van der Waals surface area (Å²) in [6.07, 6.45) is 7.64. The lowest BCUT2D eigenvalue weighted by Gasteiger charge is -2.20. The third-order valence-electron chi connectivity index (χ3n) is 3.42. The van der Waals surface area contributed by atoms with Crippen molar-refractivity contribution in [2.45, 2.75) is 32.2 Å². The first-order valence-corrected chi connectivity index (χ1v) is 7.04. The molecule has 1 amide bonds. The van der Waals surface area contributed by atoms with Crippen LogP contribution < -0.4 is 5.32 Å². The summed E-state index contributed by atoms with van der Waals surface area (Å²) in [6.45, 7) is 2.19. The third-order valence-corrected chi connectivity index (χ3v) is 3.42. The van der Waals surface area contributed by atoms with Gasteiger partial charge in [0.2, 0.25) is 6.41 Å². The lowest BCUT2D eigenvalue weighted by molar-refractivity contribution is -0.110. The Morgan fingerprint density at radius 1 is 1.25 bits per heavy atom. The lowest BCUT2D eigenvalue weighted by atomic mass is 9.93. The molecule has 3 heteroatoms. The van der Waals surface area contributed by atoms with Crippen LogP contribution in [0.5, 0.6) is 0 Å². The molecule has 1 heterocycles. The minimum atomic E-state index is -0.130. The fraction of sp³-hybridized carbons (Fsp3) is 0.294. The predicted octanol–water partition coefficient (Wildman–Crippen LogP) is 3.26. The van der Waals surface area contributed by atoms with Gasteiger partial charge in [-0.05, 0) is 35.6 Å². The van der Waals surface area contributed by atoms with E-state index in [0.717, 1.165) is 36.8 Å². The SMILES string of the molecule is CCCCc1ccccc1C(NC=O)c1cccnc1. The monoisotopic (exact) mass is 268 g/mol. The Morgan fingerprint density at radius 2 is 2.10 bits per heavy atom. The maximum absolute atomic E-state index is 11.0. The molecule has 20 heavy (non-hydrogen) atoms. The molecule has 1 aromatic carbocycles. The van der Waals surface area contributed by atoms with Crippen molar-refractivity contribution in [3.8, 4) is 0 Å². The Morgan fingerprint density at radius 3 is 2.80 bits per heavy atom. The Labute approximate surface area is 120 Å². The van der Waals surface area contributed by atoms with Crippen LogP contribution in [0.4, 0.5) is 0 Å². The molecule has 0 bridgehead atoms. The van der Waals surface area contributed by atoms with Crippen LogP contribution in [0.25, 0.3) is 0 Å². The van der Waals surface area contributed by atoms with Crippen LogP contribution in [0.15, 0.2) is 48.8 Å². The summed E-state index contributed by atoms with van der Waals surface area (Å²) in [5, 5.41) is 2.91. The van der Waals surface area contributed by atoms with Crippen molar-refractivity contribution in [1.82, 2.24) is 10.3 Å². The second kappa shape index (κ2) is 7.43. The molecule has 1 aromatic heterocycles. The summed E-state index contributed by atoms with van der Waals surface area (Å²) in [5.74, 6) is 0. The summed E-state index contributed by atoms with van der Waals surface area (Å²) in [5.41, 5.74) is 3.45. The smallest absolute Gasteiger partial charge is 0.207 e. The maximum Gasteiger partial charge on any atom is 0.207 e. The number of nitrogens with zero attached hydrogens (tertiary/aromatic N) is 1. The molecule has 0 aliphatic heterocycles. The van der Waals surface area contributed by atoms with Crippen LogP contribution in [0, 0.1) is 0 Å². The summed E-state index contributed by atoms with van der Waals surface area (Å²) in [4.78, 5) is 15.1. The Balaban J connectivity index is 2.36. The average molecular weight is 268 g/mol. The van der Waals surface area contributed by atoms with Gasteiger partial charge in [0, 0.05) is 12.4 Å². The van der Waals surface area contributed by atoms with E-state index >= 15 is 0 Å². The number of benzene rings is 1. The van der Waals surface area contributed by atoms with Gasteiger partial charge in [-0.25, -0.2) is 0 Å². The van der Waals surface area contributed by atoms with Gasteiger partial charge in [-0.3, -0.25) is 9.78 Å². The van der Waals surface area contributed by atoms with Gasteiger partial charge in [-0.2, -0.15) is 0 Å². The van der Waals surface area contributed by atoms with E-state index in [0.29, 0.717) is 0 Å². The molecule has 0 aliphatic rings. The zero-order valence-corrected chi connectivity index (χ0v) is 11.8. The minimum absolute atomic E-state index is 0.130. The van der Waals surface area contributed by atoms with Crippen LogP contribution in [-0.2, 0) is 11.2 Å². The van der Waals surface area contributed by atoms with Crippen molar-refractivity contribution < 1.29 is 4.79 Å². The quantitative estimate of drug-likeness (QED) is 0.783. The van der Waals surface area contributed by atoms with Crippen molar-refractivity contribution in [2.75, 3.05) is 0 Å². The normalized spacial score (nSPS) is 11.8. The van der Waals surface area contributed by atoms with Gasteiger partial charge in [-0.15, -0.1) is 0 Å². The maximum atomic E-state index is 11.0. The van der Waals surface area contributed by atoms with Crippen molar-refractivity contribution in [2.24, 2.45) is 0 Å². The first-order valence-electron chi connectivity index (χ1n) is 7.04. The van der Waals surface area contributed by atoms with Crippen LogP contribution in [0.2, 0.25) is 0 Å². The van der Waals surface area contributed by atoms with E-state index in [-0.39, 0.29) is 6.04 Å². The largest absolute Gasteiger partial charge is 0.348 e. The molecule has 0 saturated carbocycles. The predicted molar refractivity (Wildman–Crippen MR) is 80.3 cm³/mol. The molecule has 0 spiro atoms. The highest BCUT2D eigenvalue weighted by molar-refractivity contribution is 5.51. The van der Waals surface area contributed by atoms with Crippen LogP contribution in [0.1, 0.15) is 42.5 Å². The van der Waals surface area contributed by atoms with E-state index < -0.39 is 0 Å². The highest BCUT2D eigenvalue weighted by atomic mass is 16.1. The number of aryl methyl sites for hydroxylation is 1. The summed E-state index contributed by atoms with van der Waals surface area (Å²) in [6, 6.07) is 12.0. The van der Waals surface area contributed by atoms with Gasteiger partial charge in [0.1, 0.15) is 0 Å². The van der Waals surface area contributed by atoms with Gasteiger partial charge >= 0.3 is 0 Å². The fourth-order valence-corrected chi connectivity index (χ4v) is 2.39. The second-order valence-corrected chi connectivity index (χ2v) is 4.81. The van der Waals surface area contributed by atoms with Crippen molar-refractivity contribution in [3.05, 3.63) is 65.5 Å².